The van der Waals surface area contributed by atoms with E-state index in [4.69, 9.17) is 15.0 Å². The molecule has 0 atom stereocenters. The highest BCUT2D eigenvalue weighted by Crippen LogP contribution is 2.15. The molecule has 0 saturated carbocycles. The van der Waals surface area contributed by atoms with Crippen LogP contribution in [0.25, 0.3) is 0 Å². The number of nitrogen functional groups attached to an aromatic ring is 1. The summed E-state index contributed by atoms with van der Waals surface area (Å²) in [5.41, 5.74) is 2.67. The van der Waals surface area contributed by atoms with Crippen molar-refractivity contribution in [2.24, 2.45) is 5.84 Å². The maximum absolute atomic E-state index is 11.3. The minimum Gasteiger partial charge on any atom is -0.489 e. The number of amides is 1. The first kappa shape index (κ1) is 11.2. The third-order valence-electron chi connectivity index (χ3n) is 2.22. The third kappa shape index (κ3) is 2.64. The summed E-state index contributed by atoms with van der Waals surface area (Å²) in [6, 6.07) is 11.0. The number of carbonyl (C=O) groups excluding carboxylic acids is 1. The largest absolute Gasteiger partial charge is 0.489 e. The van der Waals surface area contributed by atoms with Crippen molar-refractivity contribution < 1.29 is 13.9 Å². The van der Waals surface area contributed by atoms with Gasteiger partial charge in [-0.25, -0.2) is 5.84 Å². The quantitative estimate of drug-likeness (QED) is 0.475. The summed E-state index contributed by atoms with van der Waals surface area (Å²) in [5.74, 6) is 5.47. The molecule has 3 N–H and O–H groups in total. The predicted molar refractivity (Wildman–Crippen MR) is 61.1 cm³/mol. The van der Waals surface area contributed by atoms with Crippen LogP contribution in [-0.4, -0.2) is 5.91 Å². The van der Waals surface area contributed by atoms with E-state index in [0.717, 1.165) is 5.75 Å². The van der Waals surface area contributed by atoms with Crippen molar-refractivity contribution in [3.63, 3.8) is 0 Å². The maximum atomic E-state index is 11.3. The van der Waals surface area contributed by atoms with E-state index in [-0.39, 0.29) is 12.4 Å². The number of para-hydroxylation sites is 1. The molecule has 0 aliphatic carbocycles. The number of hydrogen-bond acceptors (Lipinski definition) is 4. The van der Waals surface area contributed by atoms with Crippen LogP contribution in [0, 0.1) is 0 Å². The van der Waals surface area contributed by atoms with Crippen molar-refractivity contribution >= 4 is 5.91 Å². The van der Waals surface area contributed by atoms with Gasteiger partial charge in [-0.3, -0.25) is 10.2 Å². The lowest BCUT2D eigenvalue weighted by molar-refractivity contribution is 0.0922. The fourth-order valence-corrected chi connectivity index (χ4v) is 1.39. The van der Waals surface area contributed by atoms with Crippen molar-refractivity contribution in [1.29, 1.82) is 0 Å². The van der Waals surface area contributed by atoms with E-state index in [1.54, 1.807) is 6.07 Å². The van der Waals surface area contributed by atoms with Crippen molar-refractivity contribution in [2.45, 2.75) is 6.61 Å². The van der Waals surface area contributed by atoms with Gasteiger partial charge in [0.05, 0.1) is 6.26 Å². The molecular formula is C12H12N2O3. The Hall–Kier alpha value is -2.27. The Bertz CT molecular complexity index is 493. The second-order valence-electron chi connectivity index (χ2n) is 3.35. The summed E-state index contributed by atoms with van der Waals surface area (Å²) in [6.45, 7) is 0.253. The Kier molecular flexibility index (Phi) is 3.42. The summed E-state index contributed by atoms with van der Waals surface area (Å²) in [6.07, 6.45) is 1.42. The summed E-state index contributed by atoms with van der Waals surface area (Å²) in [7, 11) is 0. The Labute approximate surface area is 98.1 Å². The standard InChI is InChI=1S/C12H12N2O3/c13-14-12(15)11-9(6-7-16-11)8-17-10-4-2-1-3-5-10/h1-7H,8,13H2,(H,14,15). The molecule has 5 heteroatoms. The molecule has 0 bridgehead atoms. The van der Waals surface area contributed by atoms with Gasteiger partial charge in [-0.1, -0.05) is 18.2 Å². The molecule has 0 radical (unpaired) electrons. The normalized spacial score (nSPS) is 9.94. The molecule has 88 valence electrons. The molecule has 2 rings (SSSR count). The van der Waals surface area contributed by atoms with E-state index < -0.39 is 5.91 Å². The first-order chi connectivity index (χ1) is 8.31. The third-order valence-corrected chi connectivity index (χ3v) is 2.22. The van der Waals surface area contributed by atoms with E-state index in [2.05, 4.69) is 0 Å². The average Bonchev–Trinajstić information content (AvgIpc) is 2.85. The highest BCUT2D eigenvalue weighted by Gasteiger charge is 2.14. The molecule has 5 nitrogen and oxygen atoms in total. The van der Waals surface area contributed by atoms with Crippen molar-refractivity contribution in [3.8, 4) is 5.75 Å². The Morgan fingerprint density at radius 1 is 1.29 bits per heavy atom. The zero-order valence-electron chi connectivity index (χ0n) is 9.05. The topological polar surface area (TPSA) is 77.5 Å². The Morgan fingerprint density at radius 2 is 2.06 bits per heavy atom. The second-order valence-corrected chi connectivity index (χ2v) is 3.35. The molecule has 1 heterocycles. The van der Waals surface area contributed by atoms with Crippen LogP contribution in [0.2, 0.25) is 0 Å². The van der Waals surface area contributed by atoms with Crippen molar-refractivity contribution in [2.75, 3.05) is 0 Å². The molecule has 0 saturated heterocycles. The minimum atomic E-state index is -0.471. The zero-order valence-corrected chi connectivity index (χ0v) is 9.05. The lowest BCUT2D eigenvalue weighted by Crippen LogP contribution is -2.30. The highest BCUT2D eigenvalue weighted by molar-refractivity contribution is 5.92. The SMILES string of the molecule is NNC(=O)c1occc1COc1ccccc1. The van der Waals surface area contributed by atoms with Crippen LogP contribution in [-0.2, 0) is 6.61 Å². The zero-order chi connectivity index (χ0) is 12.1. The van der Waals surface area contributed by atoms with Gasteiger partial charge in [-0.05, 0) is 18.2 Å². The van der Waals surface area contributed by atoms with E-state index in [9.17, 15) is 4.79 Å². The van der Waals surface area contributed by atoms with Crippen LogP contribution in [0.5, 0.6) is 5.75 Å². The number of ether oxygens (including phenoxy) is 1. The van der Waals surface area contributed by atoms with Crippen LogP contribution in [0.3, 0.4) is 0 Å². The first-order valence-electron chi connectivity index (χ1n) is 5.06. The Balaban J connectivity index is 2.05. The fourth-order valence-electron chi connectivity index (χ4n) is 1.39. The van der Waals surface area contributed by atoms with Gasteiger partial charge in [-0.2, -0.15) is 0 Å². The van der Waals surface area contributed by atoms with Gasteiger partial charge in [0.15, 0.2) is 5.76 Å². The second kappa shape index (κ2) is 5.18. The predicted octanol–water partition coefficient (Wildman–Crippen LogP) is 1.46. The van der Waals surface area contributed by atoms with Gasteiger partial charge in [0, 0.05) is 5.56 Å². The molecule has 2 aromatic rings. The number of rotatable bonds is 4. The monoisotopic (exact) mass is 232 g/mol. The van der Waals surface area contributed by atoms with Gasteiger partial charge in [0.2, 0.25) is 0 Å². The maximum Gasteiger partial charge on any atom is 0.301 e. The number of furan rings is 1. The van der Waals surface area contributed by atoms with Crippen LogP contribution in [0.4, 0.5) is 0 Å². The van der Waals surface area contributed by atoms with Crippen LogP contribution in [0.1, 0.15) is 16.1 Å². The molecule has 0 aliphatic heterocycles. The molecule has 0 spiro atoms. The van der Waals surface area contributed by atoms with Gasteiger partial charge >= 0.3 is 5.91 Å². The molecule has 1 amide bonds. The molecule has 1 aromatic carbocycles. The summed E-state index contributed by atoms with van der Waals surface area (Å²) < 4.78 is 10.5. The smallest absolute Gasteiger partial charge is 0.301 e. The van der Waals surface area contributed by atoms with Crippen LogP contribution < -0.4 is 16.0 Å². The number of nitrogens with two attached hydrogens (primary N) is 1. The van der Waals surface area contributed by atoms with Gasteiger partial charge in [0.25, 0.3) is 0 Å². The van der Waals surface area contributed by atoms with E-state index in [1.807, 2.05) is 35.8 Å². The fraction of sp³-hybridized carbons (Fsp3) is 0.0833. The minimum absolute atomic E-state index is 0.170. The average molecular weight is 232 g/mol. The molecule has 0 fully saturated rings. The number of nitrogens with one attached hydrogen (secondary N) is 1. The van der Waals surface area contributed by atoms with E-state index in [1.165, 1.54) is 6.26 Å². The molecule has 0 aliphatic rings. The number of carbonyl (C=O) groups is 1. The van der Waals surface area contributed by atoms with E-state index >= 15 is 0 Å². The first-order valence-corrected chi connectivity index (χ1v) is 5.06. The number of benzene rings is 1. The molecular weight excluding hydrogens is 220 g/mol. The lowest BCUT2D eigenvalue weighted by Gasteiger charge is -2.05. The van der Waals surface area contributed by atoms with Gasteiger partial charge < -0.3 is 9.15 Å². The van der Waals surface area contributed by atoms with Gasteiger partial charge in [0.1, 0.15) is 12.4 Å². The van der Waals surface area contributed by atoms with Crippen LogP contribution in [0.15, 0.2) is 47.1 Å². The van der Waals surface area contributed by atoms with Crippen molar-refractivity contribution in [3.05, 3.63) is 54.0 Å². The lowest BCUT2D eigenvalue weighted by atomic mass is 10.2. The number of hydrazine groups is 1. The van der Waals surface area contributed by atoms with Crippen molar-refractivity contribution in [1.82, 2.24) is 5.43 Å². The highest BCUT2D eigenvalue weighted by atomic mass is 16.5. The Morgan fingerprint density at radius 3 is 2.76 bits per heavy atom. The number of hydrogen-bond donors (Lipinski definition) is 2. The summed E-state index contributed by atoms with van der Waals surface area (Å²) >= 11 is 0. The summed E-state index contributed by atoms with van der Waals surface area (Å²) in [4.78, 5) is 11.3. The van der Waals surface area contributed by atoms with Gasteiger partial charge in [-0.15, -0.1) is 0 Å². The molecule has 17 heavy (non-hydrogen) atoms. The van der Waals surface area contributed by atoms with E-state index in [0.29, 0.717) is 5.56 Å². The summed E-state index contributed by atoms with van der Waals surface area (Å²) in [5, 5.41) is 0. The molecule has 0 unspecified atom stereocenters. The van der Waals surface area contributed by atoms with Crippen LogP contribution >= 0.6 is 0 Å². The molecule has 1 aromatic heterocycles.